The maximum atomic E-state index is 12.6. The van der Waals surface area contributed by atoms with Crippen molar-refractivity contribution in [2.24, 2.45) is 5.41 Å². The van der Waals surface area contributed by atoms with Crippen LogP contribution >= 0.6 is 0 Å². The van der Waals surface area contributed by atoms with E-state index in [4.69, 9.17) is 9.84 Å². The van der Waals surface area contributed by atoms with Crippen molar-refractivity contribution in [1.29, 1.82) is 0 Å². The minimum absolute atomic E-state index is 0.171. The van der Waals surface area contributed by atoms with Crippen molar-refractivity contribution >= 4 is 5.91 Å². The summed E-state index contributed by atoms with van der Waals surface area (Å²) in [5.74, 6) is 0.254. The molecule has 98 valence electrons. The molecule has 0 aliphatic carbocycles. The van der Waals surface area contributed by atoms with Gasteiger partial charge in [-0.3, -0.25) is 4.79 Å². The van der Waals surface area contributed by atoms with Crippen LogP contribution in [0.15, 0.2) is 0 Å². The highest BCUT2D eigenvalue weighted by Crippen LogP contribution is 2.35. The molecule has 4 heteroatoms. The summed E-state index contributed by atoms with van der Waals surface area (Å²) in [5, 5.41) is 9.09. The van der Waals surface area contributed by atoms with E-state index in [2.05, 4.69) is 6.92 Å². The van der Waals surface area contributed by atoms with Gasteiger partial charge in [-0.25, -0.2) is 0 Å². The smallest absolute Gasteiger partial charge is 0.233 e. The van der Waals surface area contributed by atoms with Crippen LogP contribution in [0.25, 0.3) is 0 Å². The lowest BCUT2D eigenvalue weighted by molar-refractivity contribution is -0.177. The number of aliphatic hydroxyl groups excluding tert-OH is 1. The number of hydrogen-bond donors (Lipinski definition) is 1. The highest BCUT2D eigenvalue weighted by molar-refractivity contribution is 5.84. The summed E-state index contributed by atoms with van der Waals surface area (Å²) in [6.07, 6.45) is 4.87. The first-order chi connectivity index (χ1) is 8.23. The van der Waals surface area contributed by atoms with Crippen LogP contribution in [-0.2, 0) is 9.53 Å². The lowest BCUT2D eigenvalue weighted by atomic mass is 9.80. The Morgan fingerprint density at radius 2 is 2.24 bits per heavy atom. The fraction of sp³-hybridized carbons (Fsp3) is 0.923. The molecular formula is C13H23NO3. The molecule has 0 radical (unpaired) electrons. The second-order valence-electron chi connectivity index (χ2n) is 5.29. The molecule has 4 nitrogen and oxygen atoms in total. The maximum Gasteiger partial charge on any atom is 0.233 e. The van der Waals surface area contributed by atoms with Crippen LogP contribution in [0.2, 0.25) is 0 Å². The van der Waals surface area contributed by atoms with E-state index in [1.807, 2.05) is 4.90 Å². The molecule has 2 fully saturated rings. The predicted octanol–water partition coefficient (Wildman–Crippen LogP) is 1.18. The van der Waals surface area contributed by atoms with Gasteiger partial charge in [0.15, 0.2) is 0 Å². The van der Waals surface area contributed by atoms with E-state index >= 15 is 0 Å². The van der Waals surface area contributed by atoms with Crippen molar-refractivity contribution in [3.05, 3.63) is 0 Å². The molecule has 2 aliphatic heterocycles. The van der Waals surface area contributed by atoms with Gasteiger partial charge in [-0.05, 0) is 32.1 Å². The van der Waals surface area contributed by atoms with Crippen molar-refractivity contribution in [2.75, 3.05) is 26.4 Å². The van der Waals surface area contributed by atoms with Crippen molar-refractivity contribution < 1.29 is 14.6 Å². The highest BCUT2D eigenvalue weighted by atomic mass is 16.5. The largest absolute Gasteiger partial charge is 0.396 e. The van der Waals surface area contributed by atoms with Crippen LogP contribution < -0.4 is 0 Å². The molecule has 2 saturated heterocycles. The Morgan fingerprint density at radius 3 is 2.76 bits per heavy atom. The second kappa shape index (κ2) is 5.36. The number of hydrogen-bond acceptors (Lipinski definition) is 3. The van der Waals surface area contributed by atoms with E-state index in [1.54, 1.807) is 0 Å². The monoisotopic (exact) mass is 241 g/mol. The van der Waals surface area contributed by atoms with Crippen LogP contribution in [-0.4, -0.2) is 48.3 Å². The molecule has 1 atom stereocenters. The quantitative estimate of drug-likeness (QED) is 0.804. The van der Waals surface area contributed by atoms with Gasteiger partial charge in [0, 0.05) is 19.2 Å². The molecule has 2 heterocycles. The van der Waals surface area contributed by atoms with Crippen molar-refractivity contribution in [2.45, 2.75) is 45.1 Å². The molecule has 0 aromatic rings. The van der Waals surface area contributed by atoms with Gasteiger partial charge in [0.1, 0.15) is 0 Å². The van der Waals surface area contributed by atoms with Gasteiger partial charge in [-0.1, -0.05) is 6.92 Å². The highest BCUT2D eigenvalue weighted by Gasteiger charge is 2.47. The number of rotatable bonds is 4. The molecule has 0 spiro atoms. The number of nitrogens with zero attached hydrogens (tertiary/aromatic N) is 1. The van der Waals surface area contributed by atoms with Gasteiger partial charge in [0.2, 0.25) is 5.91 Å². The molecule has 2 rings (SSSR count). The lowest BCUT2D eigenvalue weighted by Gasteiger charge is -2.46. The Hall–Kier alpha value is -0.610. The molecule has 0 saturated carbocycles. The zero-order chi connectivity index (χ0) is 12.3. The van der Waals surface area contributed by atoms with Gasteiger partial charge in [0.05, 0.1) is 18.6 Å². The Morgan fingerprint density at radius 1 is 1.47 bits per heavy atom. The Bertz CT molecular complexity index is 268. The number of likely N-dealkylation sites (tertiary alicyclic amines) is 1. The summed E-state index contributed by atoms with van der Waals surface area (Å²) in [6, 6.07) is 0.241. The topological polar surface area (TPSA) is 49.8 Å². The fourth-order valence-electron chi connectivity index (χ4n) is 2.85. The van der Waals surface area contributed by atoms with E-state index in [-0.39, 0.29) is 24.0 Å². The van der Waals surface area contributed by atoms with Gasteiger partial charge in [-0.2, -0.15) is 0 Å². The fourth-order valence-corrected chi connectivity index (χ4v) is 2.85. The number of carbonyl (C=O) groups excluding carboxylic acids is 1. The number of amides is 1. The summed E-state index contributed by atoms with van der Waals surface area (Å²) in [6.45, 7) is 4.23. The third-order valence-corrected chi connectivity index (χ3v) is 4.24. The minimum Gasteiger partial charge on any atom is -0.396 e. The Balaban J connectivity index is 2.05. The number of carbonyl (C=O) groups is 1. The first-order valence-electron chi connectivity index (χ1n) is 6.73. The van der Waals surface area contributed by atoms with Gasteiger partial charge < -0.3 is 14.7 Å². The van der Waals surface area contributed by atoms with Crippen molar-refractivity contribution in [1.82, 2.24) is 4.90 Å². The van der Waals surface area contributed by atoms with Gasteiger partial charge in [0.25, 0.3) is 0 Å². The molecule has 1 N–H and O–H groups in total. The molecule has 0 bridgehead atoms. The maximum absolute atomic E-state index is 12.6. The summed E-state index contributed by atoms with van der Waals surface area (Å²) in [5.41, 5.74) is -0.259. The van der Waals surface area contributed by atoms with E-state index in [0.717, 1.165) is 25.8 Å². The molecular weight excluding hydrogens is 218 g/mol. The molecule has 1 amide bonds. The van der Waals surface area contributed by atoms with Crippen LogP contribution in [0.3, 0.4) is 0 Å². The summed E-state index contributed by atoms with van der Waals surface area (Å²) in [4.78, 5) is 14.6. The Labute approximate surface area is 103 Å². The second-order valence-corrected chi connectivity index (χ2v) is 5.29. The number of aliphatic hydroxyl groups is 1. The first-order valence-corrected chi connectivity index (χ1v) is 6.73. The molecule has 1 unspecified atom stereocenters. The average molecular weight is 241 g/mol. The van der Waals surface area contributed by atoms with Crippen LogP contribution in [0, 0.1) is 5.41 Å². The molecule has 2 aliphatic rings. The number of ether oxygens (including phenoxy) is 1. The summed E-state index contributed by atoms with van der Waals surface area (Å²) in [7, 11) is 0. The third-order valence-electron chi connectivity index (χ3n) is 4.24. The Kier molecular flexibility index (Phi) is 4.05. The van der Waals surface area contributed by atoms with Crippen molar-refractivity contribution in [3.8, 4) is 0 Å². The predicted molar refractivity (Wildman–Crippen MR) is 64.6 cm³/mol. The SMILES string of the molecule is CCC1(C(=O)N2CCCCC2CCO)COC1. The third kappa shape index (κ3) is 2.33. The lowest BCUT2D eigenvalue weighted by Crippen LogP contribution is -2.58. The summed E-state index contributed by atoms with van der Waals surface area (Å²) >= 11 is 0. The standard InChI is InChI=1S/C13H23NO3/c1-2-13(9-17-10-13)12(16)14-7-4-3-5-11(14)6-8-15/h11,15H,2-10H2,1H3. The van der Waals surface area contributed by atoms with E-state index in [9.17, 15) is 4.79 Å². The van der Waals surface area contributed by atoms with Crippen LogP contribution in [0.5, 0.6) is 0 Å². The van der Waals surface area contributed by atoms with Gasteiger partial charge >= 0.3 is 0 Å². The van der Waals surface area contributed by atoms with E-state index in [1.165, 1.54) is 6.42 Å². The molecule has 0 aromatic carbocycles. The average Bonchev–Trinajstić information content (AvgIpc) is 2.29. The van der Waals surface area contributed by atoms with Crippen molar-refractivity contribution in [3.63, 3.8) is 0 Å². The normalized spacial score (nSPS) is 27.6. The number of piperidine rings is 1. The van der Waals surface area contributed by atoms with Crippen LogP contribution in [0.1, 0.15) is 39.0 Å². The van der Waals surface area contributed by atoms with E-state index in [0.29, 0.717) is 19.6 Å². The van der Waals surface area contributed by atoms with Crippen LogP contribution in [0.4, 0.5) is 0 Å². The summed E-state index contributed by atoms with van der Waals surface area (Å²) < 4.78 is 5.24. The van der Waals surface area contributed by atoms with Gasteiger partial charge in [-0.15, -0.1) is 0 Å². The molecule has 0 aromatic heterocycles. The minimum atomic E-state index is -0.259. The zero-order valence-electron chi connectivity index (χ0n) is 10.7. The zero-order valence-corrected chi connectivity index (χ0v) is 10.7. The first kappa shape index (κ1) is 12.8. The van der Waals surface area contributed by atoms with E-state index < -0.39 is 0 Å². The molecule has 17 heavy (non-hydrogen) atoms.